The predicted octanol–water partition coefficient (Wildman–Crippen LogP) is 13.5. The summed E-state index contributed by atoms with van der Waals surface area (Å²) in [5.74, 6) is 12.5. The molecule has 6 heteroatoms. The van der Waals surface area contributed by atoms with E-state index < -0.39 is 11.3 Å². The molecule has 9 atom stereocenters. The van der Waals surface area contributed by atoms with E-state index in [9.17, 15) is 9.59 Å². The number of allylic oxidation sites excluding steroid dienone is 1. The molecule has 0 bridgehead atoms. The van der Waals surface area contributed by atoms with Gasteiger partial charge in [0, 0.05) is 24.0 Å². The van der Waals surface area contributed by atoms with Crippen molar-refractivity contribution in [2.24, 2.45) is 52.3 Å². The van der Waals surface area contributed by atoms with Crippen LogP contribution in [0.25, 0.3) is 0 Å². The molecule has 322 valence electrons. The maximum Gasteiger partial charge on any atom is 0.329 e. The summed E-state index contributed by atoms with van der Waals surface area (Å²) in [4.78, 5) is 25.1. The quantitative estimate of drug-likeness (QED) is 0.0397. The molecule has 0 spiro atoms. The van der Waals surface area contributed by atoms with Crippen LogP contribution < -0.4 is 9.47 Å². The predicted molar refractivity (Wildman–Crippen MR) is 240 cm³/mol. The third kappa shape index (κ3) is 11.6. The smallest absolute Gasteiger partial charge is 0.329 e. The number of unbranched alkanes of at least 4 members (excludes halogenated alkanes) is 2. The lowest BCUT2D eigenvalue weighted by Gasteiger charge is -2.58. The Bertz CT molecular complexity index is 1780. The zero-order valence-electron chi connectivity index (χ0n) is 37.3. The van der Waals surface area contributed by atoms with E-state index in [1.165, 1.54) is 51.4 Å². The fourth-order valence-corrected chi connectivity index (χ4v) is 12.2. The average Bonchev–Trinajstić information content (AvgIpc) is 3.56. The SMILES string of the molecule is CC(C)CCC[C@@H](C)[C@H]1CC[C@H]2[C@@H]3CC=C4C[C@@H](OC(=O)CCCCCOc5ccc(C#Cc6ccc(OC(=O)[C@@H](Cl)CC(C)C)cc6)cc5)CC[C@]4(C)[C@H]3CC[C@]12C. The highest BCUT2D eigenvalue weighted by atomic mass is 35.5. The van der Waals surface area contributed by atoms with E-state index in [4.69, 9.17) is 25.8 Å². The van der Waals surface area contributed by atoms with E-state index >= 15 is 0 Å². The monoisotopic (exact) mass is 825 g/mol. The molecule has 3 fully saturated rings. The maximum atomic E-state index is 13.0. The van der Waals surface area contributed by atoms with Gasteiger partial charge in [0.05, 0.1) is 6.61 Å². The molecule has 4 aliphatic rings. The van der Waals surface area contributed by atoms with Gasteiger partial charge in [0.15, 0.2) is 0 Å². The minimum atomic E-state index is -0.656. The Hall–Kier alpha value is -3.23. The molecule has 5 nitrogen and oxygen atoms in total. The third-order valence-electron chi connectivity index (χ3n) is 15.1. The normalized spacial score (nSPS) is 28.3. The van der Waals surface area contributed by atoms with Gasteiger partial charge in [-0.3, -0.25) is 9.59 Å². The fraction of sp³-hybridized carbons (Fsp3) is 0.660. The van der Waals surface area contributed by atoms with Crippen LogP contribution in [0.4, 0.5) is 0 Å². The summed E-state index contributed by atoms with van der Waals surface area (Å²) in [6, 6.07) is 14.9. The lowest BCUT2D eigenvalue weighted by molar-refractivity contribution is -0.151. The molecule has 0 heterocycles. The highest BCUT2D eigenvalue weighted by molar-refractivity contribution is 6.30. The maximum absolute atomic E-state index is 13.0. The van der Waals surface area contributed by atoms with Crippen molar-refractivity contribution >= 4 is 23.5 Å². The highest BCUT2D eigenvalue weighted by Crippen LogP contribution is 2.67. The van der Waals surface area contributed by atoms with E-state index in [0.717, 1.165) is 90.9 Å². The molecule has 4 aliphatic carbocycles. The van der Waals surface area contributed by atoms with Crippen LogP contribution >= 0.6 is 11.6 Å². The van der Waals surface area contributed by atoms with Crippen LogP contribution in [0.1, 0.15) is 162 Å². The zero-order chi connectivity index (χ0) is 42.2. The van der Waals surface area contributed by atoms with Crippen LogP contribution in [0.5, 0.6) is 11.5 Å². The van der Waals surface area contributed by atoms with Gasteiger partial charge in [-0.2, -0.15) is 0 Å². The largest absolute Gasteiger partial charge is 0.494 e. The fourth-order valence-electron chi connectivity index (χ4n) is 11.8. The van der Waals surface area contributed by atoms with Crippen molar-refractivity contribution in [3.8, 4) is 23.3 Å². The van der Waals surface area contributed by atoms with Gasteiger partial charge in [0.25, 0.3) is 0 Å². The molecule has 59 heavy (non-hydrogen) atoms. The molecular weight excluding hydrogens is 752 g/mol. The van der Waals surface area contributed by atoms with Crippen molar-refractivity contribution in [2.45, 2.75) is 163 Å². The molecule has 0 radical (unpaired) electrons. The minimum Gasteiger partial charge on any atom is -0.494 e. The number of hydrogen-bond donors (Lipinski definition) is 0. The van der Waals surface area contributed by atoms with Crippen LogP contribution in [-0.2, 0) is 14.3 Å². The van der Waals surface area contributed by atoms with E-state index in [0.29, 0.717) is 36.5 Å². The molecule has 0 unspecified atom stereocenters. The number of fused-ring (bicyclic) bond motifs is 5. The molecule has 2 aromatic rings. The summed E-state index contributed by atoms with van der Waals surface area (Å²) in [6.07, 6.45) is 20.5. The van der Waals surface area contributed by atoms with Crippen LogP contribution in [0.2, 0.25) is 0 Å². The highest BCUT2D eigenvalue weighted by Gasteiger charge is 2.59. The van der Waals surface area contributed by atoms with Crippen molar-refractivity contribution in [2.75, 3.05) is 6.61 Å². The topological polar surface area (TPSA) is 61.8 Å². The first-order valence-electron chi connectivity index (χ1n) is 23.3. The molecule has 6 rings (SSSR count). The molecule has 0 N–H and O–H groups in total. The molecule has 2 aromatic carbocycles. The number of alkyl halides is 1. The summed E-state index contributed by atoms with van der Waals surface area (Å²) in [7, 11) is 0. The number of esters is 2. The summed E-state index contributed by atoms with van der Waals surface area (Å²) in [6.45, 7) is 17.2. The number of halogens is 1. The Kier molecular flexibility index (Phi) is 15.8. The second kappa shape index (κ2) is 20.6. The number of ether oxygens (including phenoxy) is 3. The van der Waals surface area contributed by atoms with Gasteiger partial charge >= 0.3 is 11.9 Å². The average molecular weight is 826 g/mol. The zero-order valence-corrected chi connectivity index (χ0v) is 38.1. The van der Waals surface area contributed by atoms with Crippen LogP contribution in [-0.4, -0.2) is 30.0 Å². The van der Waals surface area contributed by atoms with Gasteiger partial charge in [-0.05, 0) is 171 Å². The van der Waals surface area contributed by atoms with E-state index in [-0.39, 0.29) is 17.5 Å². The Morgan fingerprint density at radius 2 is 1.47 bits per heavy atom. The third-order valence-corrected chi connectivity index (χ3v) is 15.4. The van der Waals surface area contributed by atoms with Gasteiger partial charge in [0.1, 0.15) is 23.0 Å². The number of benzene rings is 2. The standard InChI is InChI=1S/C53H73ClO5/c1-36(2)12-11-13-38(5)46-27-28-47-45-26-21-41-35-44(29-31-52(41,6)48(45)30-32-53(46,47)7)58-50(55)14-9-8-10-33-57-42-22-17-39(18-23-42)15-16-40-19-24-43(25-20-40)59-51(56)49(54)34-37(3)4/h17-25,36-38,44-49H,8-14,26-35H2,1-7H3/t38-,44+,45+,46-,47+,48+,49+,52+,53-/m1/s1. The Labute approximate surface area is 362 Å². The first-order chi connectivity index (χ1) is 28.2. The number of carbonyl (C=O) groups is 2. The molecule has 3 saturated carbocycles. The van der Waals surface area contributed by atoms with Gasteiger partial charge in [0.2, 0.25) is 0 Å². The Morgan fingerprint density at radius 1 is 0.780 bits per heavy atom. The molecule has 0 aromatic heterocycles. The lowest BCUT2D eigenvalue weighted by Crippen LogP contribution is -2.51. The summed E-state index contributed by atoms with van der Waals surface area (Å²) < 4.78 is 17.5. The number of hydrogen-bond acceptors (Lipinski definition) is 5. The molecule has 0 saturated heterocycles. The number of rotatable bonds is 17. The van der Waals surface area contributed by atoms with Gasteiger partial charge < -0.3 is 14.2 Å². The van der Waals surface area contributed by atoms with Crippen molar-refractivity contribution in [3.63, 3.8) is 0 Å². The van der Waals surface area contributed by atoms with E-state index in [1.807, 2.05) is 50.2 Å². The second-order valence-electron chi connectivity index (χ2n) is 20.1. The van der Waals surface area contributed by atoms with Crippen molar-refractivity contribution < 1.29 is 23.8 Å². The second-order valence-corrected chi connectivity index (χ2v) is 20.6. The van der Waals surface area contributed by atoms with E-state index in [2.05, 4.69) is 52.5 Å². The van der Waals surface area contributed by atoms with Crippen LogP contribution in [0.3, 0.4) is 0 Å². The van der Waals surface area contributed by atoms with Crippen molar-refractivity contribution in [3.05, 3.63) is 71.3 Å². The first kappa shape index (κ1) is 45.3. The molecule has 0 amide bonds. The summed E-state index contributed by atoms with van der Waals surface area (Å²) >= 11 is 6.16. The van der Waals surface area contributed by atoms with E-state index in [1.54, 1.807) is 17.7 Å². The summed E-state index contributed by atoms with van der Waals surface area (Å²) in [5.41, 5.74) is 4.09. The molecular formula is C53H73ClO5. The van der Waals surface area contributed by atoms with Gasteiger partial charge in [-0.25, -0.2) is 0 Å². The van der Waals surface area contributed by atoms with Crippen molar-refractivity contribution in [1.29, 1.82) is 0 Å². The van der Waals surface area contributed by atoms with Crippen LogP contribution in [0, 0.1) is 64.1 Å². The van der Waals surface area contributed by atoms with Gasteiger partial charge in [-0.15, -0.1) is 11.6 Å². The minimum absolute atomic E-state index is 0.0295. The lowest BCUT2D eigenvalue weighted by atomic mass is 9.47. The van der Waals surface area contributed by atoms with Gasteiger partial charge in [-0.1, -0.05) is 91.2 Å². The summed E-state index contributed by atoms with van der Waals surface area (Å²) in [5, 5.41) is -0.656. The first-order valence-corrected chi connectivity index (χ1v) is 23.8. The Balaban J connectivity index is 0.870. The molecule has 0 aliphatic heterocycles. The van der Waals surface area contributed by atoms with Crippen LogP contribution in [0.15, 0.2) is 60.2 Å². The van der Waals surface area contributed by atoms with Crippen molar-refractivity contribution in [1.82, 2.24) is 0 Å². The number of carbonyl (C=O) groups excluding carboxylic acids is 2. The Morgan fingerprint density at radius 3 is 2.15 bits per heavy atom.